The van der Waals surface area contributed by atoms with Gasteiger partial charge in [0.2, 0.25) is 0 Å². The van der Waals surface area contributed by atoms with E-state index in [4.69, 9.17) is 5.73 Å². The van der Waals surface area contributed by atoms with Crippen LogP contribution in [0.15, 0.2) is 0 Å². The summed E-state index contributed by atoms with van der Waals surface area (Å²) in [6.07, 6.45) is 0.242. The third-order valence-corrected chi connectivity index (χ3v) is 2.29. The SMILES string of the molecule is CC(CCN)S(=O)(=O)[O-].[Na+]. The summed E-state index contributed by atoms with van der Waals surface area (Å²) in [5.41, 5.74) is 5.02. The van der Waals surface area contributed by atoms with Crippen LogP contribution in [0.1, 0.15) is 13.3 Å². The maximum absolute atomic E-state index is 10.1. The van der Waals surface area contributed by atoms with Gasteiger partial charge in [-0.1, -0.05) is 0 Å². The number of rotatable bonds is 3. The molecule has 56 valence electrons. The van der Waals surface area contributed by atoms with Crippen LogP contribution >= 0.6 is 0 Å². The monoisotopic (exact) mass is 175 g/mol. The van der Waals surface area contributed by atoms with Crippen molar-refractivity contribution in [1.29, 1.82) is 0 Å². The van der Waals surface area contributed by atoms with Gasteiger partial charge in [-0.05, 0) is 19.9 Å². The standard InChI is InChI=1S/C4H11NO3S.Na/c1-4(2-3-5)9(6,7)8;/h4H,2-3,5H2,1H3,(H,6,7,8);/q;+1/p-1. The quantitative estimate of drug-likeness (QED) is 0.353. The molecule has 0 spiro atoms. The summed E-state index contributed by atoms with van der Waals surface area (Å²) in [6, 6.07) is 0. The molecule has 0 saturated heterocycles. The van der Waals surface area contributed by atoms with Crippen molar-refractivity contribution in [2.75, 3.05) is 6.54 Å². The van der Waals surface area contributed by atoms with Gasteiger partial charge in [-0.3, -0.25) is 0 Å². The predicted octanol–water partition coefficient (Wildman–Crippen LogP) is -3.73. The molecule has 4 nitrogen and oxygen atoms in total. The van der Waals surface area contributed by atoms with Gasteiger partial charge in [-0.25, -0.2) is 8.42 Å². The first-order valence-corrected chi connectivity index (χ1v) is 4.10. The molecule has 2 N–H and O–H groups in total. The van der Waals surface area contributed by atoms with Crippen molar-refractivity contribution in [2.45, 2.75) is 18.6 Å². The largest absolute Gasteiger partial charge is 1.00 e. The molecule has 0 amide bonds. The average Bonchev–Trinajstić information content (AvgIpc) is 1.64. The van der Waals surface area contributed by atoms with E-state index in [-0.39, 0.29) is 42.5 Å². The van der Waals surface area contributed by atoms with Crippen molar-refractivity contribution >= 4 is 10.1 Å². The molecule has 0 rings (SSSR count). The van der Waals surface area contributed by atoms with Crippen LogP contribution in [-0.4, -0.2) is 24.8 Å². The minimum Gasteiger partial charge on any atom is -0.748 e. The van der Waals surface area contributed by atoms with E-state index in [0.29, 0.717) is 0 Å². The van der Waals surface area contributed by atoms with Crippen molar-refractivity contribution in [3.63, 3.8) is 0 Å². The van der Waals surface area contributed by atoms with Gasteiger partial charge >= 0.3 is 29.6 Å². The first-order chi connectivity index (χ1) is 3.98. The fraction of sp³-hybridized carbons (Fsp3) is 1.00. The van der Waals surface area contributed by atoms with Gasteiger partial charge in [0.05, 0.1) is 10.1 Å². The minimum absolute atomic E-state index is 0. The molecular weight excluding hydrogens is 165 g/mol. The molecule has 0 aliphatic rings. The second-order valence-corrected chi connectivity index (χ2v) is 3.67. The third kappa shape index (κ3) is 5.64. The van der Waals surface area contributed by atoms with Crippen LogP contribution in [0.4, 0.5) is 0 Å². The molecule has 0 aliphatic carbocycles. The Hall–Kier alpha value is 0.870. The van der Waals surface area contributed by atoms with E-state index in [1.165, 1.54) is 6.92 Å². The van der Waals surface area contributed by atoms with E-state index >= 15 is 0 Å². The smallest absolute Gasteiger partial charge is 0.748 e. The molecule has 1 unspecified atom stereocenters. The summed E-state index contributed by atoms with van der Waals surface area (Å²) in [4.78, 5) is 0. The molecule has 0 bridgehead atoms. The molecule has 0 radical (unpaired) electrons. The van der Waals surface area contributed by atoms with E-state index in [1.54, 1.807) is 0 Å². The van der Waals surface area contributed by atoms with E-state index < -0.39 is 15.4 Å². The van der Waals surface area contributed by atoms with Crippen molar-refractivity contribution in [1.82, 2.24) is 0 Å². The van der Waals surface area contributed by atoms with Crippen LogP contribution in [-0.2, 0) is 10.1 Å². The predicted molar refractivity (Wildman–Crippen MR) is 32.8 cm³/mol. The van der Waals surface area contributed by atoms with Crippen LogP contribution < -0.4 is 35.3 Å². The Labute approximate surface area is 83.2 Å². The van der Waals surface area contributed by atoms with Gasteiger partial charge in [0.15, 0.2) is 0 Å². The normalized spacial score (nSPS) is 13.9. The van der Waals surface area contributed by atoms with E-state index in [0.717, 1.165) is 0 Å². The molecule has 0 aliphatic heterocycles. The Kier molecular flexibility index (Phi) is 7.42. The molecule has 10 heavy (non-hydrogen) atoms. The van der Waals surface area contributed by atoms with Gasteiger partial charge < -0.3 is 10.3 Å². The summed E-state index contributed by atoms with van der Waals surface area (Å²) in [5, 5.41) is -0.845. The Bertz CT molecular complexity index is 167. The van der Waals surface area contributed by atoms with E-state index in [1.807, 2.05) is 0 Å². The van der Waals surface area contributed by atoms with Gasteiger partial charge in [0.1, 0.15) is 0 Å². The zero-order chi connectivity index (χ0) is 7.49. The first-order valence-electron chi connectivity index (χ1n) is 2.63. The molecule has 0 fully saturated rings. The molecule has 0 aromatic heterocycles. The van der Waals surface area contributed by atoms with E-state index in [9.17, 15) is 13.0 Å². The van der Waals surface area contributed by atoms with Gasteiger partial charge in [0, 0.05) is 5.25 Å². The Morgan fingerprint density at radius 1 is 1.60 bits per heavy atom. The maximum Gasteiger partial charge on any atom is 1.00 e. The number of hydrogen-bond donors (Lipinski definition) is 1. The summed E-state index contributed by atoms with van der Waals surface area (Å²) in [6.45, 7) is 1.60. The number of hydrogen-bond acceptors (Lipinski definition) is 4. The Morgan fingerprint density at radius 2 is 2.00 bits per heavy atom. The molecule has 0 saturated carbocycles. The first kappa shape index (κ1) is 13.5. The van der Waals surface area contributed by atoms with Crippen molar-refractivity contribution in [3.05, 3.63) is 0 Å². The molecule has 0 aromatic rings. The second-order valence-electron chi connectivity index (χ2n) is 1.88. The summed E-state index contributed by atoms with van der Waals surface area (Å²) in [7, 11) is -4.09. The van der Waals surface area contributed by atoms with Crippen LogP contribution in [0.2, 0.25) is 0 Å². The van der Waals surface area contributed by atoms with Gasteiger partial charge in [0.25, 0.3) is 0 Å². The molecule has 6 heteroatoms. The molecular formula is C4H10NNaO3S. The average molecular weight is 175 g/mol. The van der Waals surface area contributed by atoms with Crippen LogP contribution in [0, 0.1) is 0 Å². The van der Waals surface area contributed by atoms with Gasteiger partial charge in [-0.2, -0.15) is 0 Å². The number of nitrogens with two attached hydrogens (primary N) is 1. The van der Waals surface area contributed by atoms with Crippen LogP contribution in [0.5, 0.6) is 0 Å². The molecule has 0 heterocycles. The Balaban J connectivity index is 0. The second kappa shape index (κ2) is 5.51. The topological polar surface area (TPSA) is 83.2 Å². The molecule has 1 atom stereocenters. The van der Waals surface area contributed by atoms with Crippen LogP contribution in [0.25, 0.3) is 0 Å². The molecule has 0 aromatic carbocycles. The summed E-state index contributed by atoms with van der Waals surface area (Å²) < 4.78 is 30.3. The zero-order valence-corrected chi connectivity index (χ0v) is 9.02. The maximum atomic E-state index is 10.1. The van der Waals surface area contributed by atoms with E-state index in [2.05, 4.69) is 0 Å². The van der Waals surface area contributed by atoms with Gasteiger partial charge in [-0.15, -0.1) is 0 Å². The third-order valence-electron chi connectivity index (χ3n) is 1.07. The summed E-state index contributed by atoms with van der Waals surface area (Å²) >= 11 is 0. The van der Waals surface area contributed by atoms with Crippen molar-refractivity contribution < 1.29 is 42.5 Å². The van der Waals surface area contributed by atoms with Crippen molar-refractivity contribution in [3.8, 4) is 0 Å². The fourth-order valence-electron chi connectivity index (χ4n) is 0.379. The fourth-order valence-corrected chi connectivity index (χ4v) is 0.804. The summed E-state index contributed by atoms with van der Waals surface area (Å²) in [5.74, 6) is 0. The van der Waals surface area contributed by atoms with Crippen molar-refractivity contribution in [2.24, 2.45) is 5.73 Å². The van der Waals surface area contributed by atoms with Crippen LogP contribution in [0.3, 0.4) is 0 Å². The minimum atomic E-state index is -4.09. The Morgan fingerprint density at radius 3 is 2.10 bits per heavy atom. The zero-order valence-electron chi connectivity index (χ0n) is 6.20.